The summed E-state index contributed by atoms with van der Waals surface area (Å²) in [5.41, 5.74) is 1.51. The molecule has 184 valence electrons. The molecule has 0 saturated carbocycles. The van der Waals surface area contributed by atoms with Gasteiger partial charge in [-0.15, -0.1) is 0 Å². The van der Waals surface area contributed by atoms with E-state index in [0.29, 0.717) is 62.4 Å². The Morgan fingerprint density at radius 3 is 2.63 bits per heavy atom. The van der Waals surface area contributed by atoms with Crippen molar-refractivity contribution in [1.29, 1.82) is 0 Å². The normalized spacial score (nSPS) is 17.1. The molecule has 2 aromatic carbocycles. The summed E-state index contributed by atoms with van der Waals surface area (Å²) in [6.45, 7) is 0.456. The van der Waals surface area contributed by atoms with Crippen LogP contribution in [0.15, 0.2) is 48.5 Å². The van der Waals surface area contributed by atoms with E-state index < -0.39 is 5.54 Å². The molecule has 1 fully saturated rings. The molecule has 2 heterocycles. The number of aromatic nitrogens is 3. The minimum Gasteiger partial charge on any atom is -0.493 e. The van der Waals surface area contributed by atoms with E-state index in [4.69, 9.17) is 9.47 Å². The van der Waals surface area contributed by atoms with Crippen molar-refractivity contribution in [3.63, 3.8) is 0 Å². The number of H-pyrrole nitrogens is 1. The van der Waals surface area contributed by atoms with Gasteiger partial charge < -0.3 is 20.1 Å². The van der Waals surface area contributed by atoms with Crippen LogP contribution < -0.4 is 20.1 Å². The number of nitrogens with one attached hydrogen (secondary N) is 3. The maximum absolute atomic E-state index is 12.6. The quantitative estimate of drug-likeness (QED) is 0.391. The number of hydrogen-bond acceptors (Lipinski definition) is 6. The van der Waals surface area contributed by atoms with E-state index in [1.54, 1.807) is 14.2 Å². The van der Waals surface area contributed by atoms with Crippen molar-refractivity contribution in [3.8, 4) is 22.9 Å². The lowest BCUT2D eigenvalue weighted by molar-refractivity contribution is -0.122. The third-order valence-electron chi connectivity index (χ3n) is 6.30. The Morgan fingerprint density at radius 2 is 1.91 bits per heavy atom. The first-order valence-corrected chi connectivity index (χ1v) is 11.8. The molecule has 1 unspecified atom stereocenters. The van der Waals surface area contributed by atoms with Crippen LogP contribution in [0, 0.1) is 0 Å². The van der Waals surface area contributed by atoms with Gasteiger partial charge in [-0.2, -0.15) is 5.10 Å². The largest absolute Gasteiger partial charge is 0.493 e. The minimum absolute atomic E-state index is 0.0189. The van der Waals surface area contributed by atoms with Crippen LogP contribution in [0.1, 0.15) is 37.1 Å². The average molecular weight is 478 g/mol. The summed E-state index contributed by atoms with van der Waals surface area (Å²) in [5, 5.41) is 13.3. The number of ether oxygens (including phenoxy) is 2. The Balaban J connectivity index is 1.30. The fourth-order valence-electron chi connectivity index (χ4n) is 4.45. The van der Waals surface area contributed by atoms with Crippen LogP contribution in [0.2, 0.25) is 0 Å². The van der Waals surface area contributed by atoms with Gasteiger partial charge in [-0.3, -0.25) is 14.7 Å². The number of carbonyl (C=O) groups is 2. The molecular formula is C26H31N5O4. The van der Waals surface area contributed by atoms with Crippen molar-refractivity contribution in [1.82, 2.24) is 25.8 Å². The highest BCUT2D eigenvalue weighted by Gasteiger charge is 2.38. The highest BCUT2D eigenvalue weighted by molar-refractivity contribution is 5.80. The van der Waals surface area contributed by atoms with Gasteiger partial charge in [0.2, 0.25) is 11.8 Å². The number of nitrogens with zero attached hydrogens (tertiary/aromatic N) is 2. The first-order valence-electron chi connectivity index (χ1n) is 11.8. The Kier molecular flexibility index (Phi) is 7.64. The fraction of sp³-hybridized carbons (Fsp3) is 0.385. The zero-order valence-electron chi connectivity index (χ0n) is 20.1. The second-order valence-corrected chi connectivity index (χ2v) is 8.77. The van der Waals surface area contributed by atoms with Gasteiger partial charge in [-0.05, 0) is 37.0 Å². The van der Waals surface area contributed by atoms with Gasteiger partial charge in [0.1, 0.15) is 5.82 Å². The van der Waals surface area contributed by atoms with E-state index in [0.717, 1.165) is 17.0 Å². The first kappa shape index (κ1) is 24.3. The molecule has 0 bridgehead atoms. The third-order valence-corrected chi connectivity index (χ3v) is 6.30. The molecule has 0 spiro atoms. The summed E-state index contributed by atoms with van der Waals surface area (Å²) in [4.78, 5) is 29.1. The fourth-order valence-corrected chi connectivity index (χ4v) is 4.45. The second kappa shape index (κ2) is 11.0. The number of rotatable bonds is 11. The summed E-state index contributed by atoms with van der Waals surface area (Å²) in [5.74, 6) is 2.62. The molecule has 1 atom stereocenters. The van der Waals surface area contributed by atoms with E-state index in [-0.39, 0.29) is 11.8 Å². The predicted octanol–water partition coefficient (Wildman–Crippen LogP) is 2.82. The van der Waals surface area contributed by atoms with Gasteiger partial charge in [0.15, 0.2) is 17.3 Å². The van der Waals surface area contributed by atoms with Crippen molar-refractivity contribution in [2.24, 2.45) is 0 Å². The number of hydrogen-bond donors (Lipinski definition) is 3. The van der Waals surface area contributed by atoms with E-state index in [1.165, 1.54) is 0 Å². The topological polar surface area (TPSA) is 118 Å². The van der Waals surface area contributed by atoms with Crippen LogP contribution >= 0.6 is 0 Å². The van der Waals surface area contributed by atoms with Crippen LogP contribution in [-0.4, -0.2) is 53.3 Å². The van der Waals surface area contributed by atoms with Crippen LogP contribution in [0.4, 0.5) is 0 Å². The molecular weight excluding hydrogens is 446 g/mol. The number of amides is 2. The lowest BCUT2D eigenvalue weighted by atomic mass is 9.85. The Labute approximate surface area is 204 Å². The maximum atomic E-state index is 12.6. The molecule has 35 heavy (non-hydrogen) atoms. The van der Waals surface area contributed by atoms with Crippen LogP contribution in [-0.2, 0) is 22.4 Å². The summed E-state index contributed by atoms with van der Waals surface area (Å²) in [7, 11) is 3.19. The monoisotopic (exact) mass is 477 g/mol. The van der Waals surface area contributed by atoms with Crippen LogP contribution in [0.3, 0.4) is 0 Å². The number of benzene rings is 2. The zero-order valence-corrected chi connectivity index (χ0v) is 20.1. The van der Waals surface area contributed by atoms with Gasteiger partial charge in [-0.25, -0.2) is 4.98 Å². The molecule has 0 radical (unpaired) electrons. The van der Waals surface area contributed by atoms with Crippen molar-refractivity contribution >= 4 is 11.8 Å². The van der Waals surface area contributed by atoms with Gasteiger partial charge in [-0.1, -0.05) is 36.4 Å². The van der Waals surface area contributed by atoms with Crippen LogP contribution in [0.25, 0.3) is 11.4 Å². The van der Waals surface area contributed by atoms with E-state index in [9.17, 15) is 9.59 Å². The minimum atomic E-state index is -0.455. The molecule has 4 rings (SSSR count). The molecule has 1 aliphatic heterocycles. The Hall–Kier alpha value is -3.88. The molecule has 2 amide bonds. The Bertz CT molecular complexity index is 1160. The highest BCUT2D eigenvalue weighted by Crippen LogP contribution is 2.33. The summed E-state index contributed by atoms with van der Waals surface area (Å²) in [6.07, 6.45) is 3.20. The summed E-state index contributed by atoms with van der Waals surface area (Å²) >= 11 is 0. The predicted molar refractivity (Wildman–Crippen MR) is 131 cm³/mol. The number of carbonyl (C=O) groups excluding carboxylic acids is 2. The van der Waals surface area contributed by atoms with Crippen LogP contribution in [0.5, 0.6) is 11.5 Å². The average Bonchev–Trinajstić information content (AvgIpc) is 3.50. The molecule has 3 aromatic rings. The van der Waals surface area contributed by atoms with E-state index >= 15 is 0 Å². The molecule has 1 saturated heterocycles. The summed E-state index contributed by atoms with van der Waals surface area (Å²) in [6, 6.07) is 15.5. The molecule has 1 aromatic heterocycles. The standard InChI is InChI=1S/C26H31N5O4/c1-34-20-9-8-18(16-21(20)35-2)17-26(14-11-24(33)29-26)13-10-23(32)27-15-12-22-28-25(31-30-22)19-6-4-3-5-7-19/h3-9,16H,10-15,17H2,1-2H3,(H,27,32)(H,29,33)(H,28,30,31). The van der Waals surface area contributed by atoms with E-state index in [2.05, 4.69) is 25.8 Å². The molecule has 0 aliphatic carbocycles. The lowest BCUT2D eigenvalue weighted by Gasteiger charge is -2.29. The zero-order chi connectivity index (χ0) is 24.7. The molecule has 3 N–H and O–H groups in total. The molecule has 1 aliphatic rings. The van der Waals surface area contributed by atoms with Gasteiger partial charge in [0.25, 0.3) is 0 Å². The smallest absolute Gasteiger partial charge is 0.220 e. The van der Waals surface area contributed by atoms with E-state index in [1.807, 2.05) is 48.5 Å². The second-order valence-electron chi connectivity index (χ2n) is 8.77. The molecule has 9 nitrogen and oxygen atoms in total. The van der Waals surface area contributed by atoms with Crippen molar-refractivity contribution in [2.45, 2.75) is 44.1 Å². The summed E-state index contributed by atoms with van der Waals surface area (Å²) < 4.78 is 10.7. The third kappa shape index (κ3) is 6.17. The Morgan fingerprint density at radius 1 is 1.11 bits per heavy atom. The van der Waals surface area contributed by atoms with Gasteiger partial charge >= 0.3 is 0 Å². The van der Waals surface area contributed by atoms with Crippen molar-refractivity contribution in [3.05, 3.63) is 59.9 Å². The van der Waals surface area contributed by atoms with Crippen molar-refractivity contribution in [2.75, 3.05) is 20.8 Å². The highest BCUT2D eigenvalue weighted by atomic mass is 16.5. The number of aromatic amines is 1. The SMILES string of the molecule is COc1ccc(CC2(CCC(=O)NCCc3nc(-c4ccccc4)n[nH]3)CCC(=O)N2)cc1OC. The maximum Gasteiger partial charge on any atom is 0.220 e. The van der Waals surface area contributed by atoms with Gasteiger partial charge in [0, 0.05) is 36.9 Å². The molecule has 9 heteroatoms. The van der Waals surface area contributed by atoms with Gasteiger partial charge in [0.05, 0.1) is 14.2 Å². The lowest BCUT2D eigenvalue weighted by Crippen LogP contribution is -2.44. The first-order chi connectivity index (χ1) is 17.0. The number of methoxy groups -OCH3 is 2. The van der Waals surface area contributed by atoms with Crippen molar-refractivity contribution < 1.29 is 19.1 Å².